The van der Waals surface area contributed by atoms with Crippen molar-refractivity contribution in [1.29, 1.82) is 0 Å². The third kappa shape index (κ3) is 20.4. The maximum atomic E-state index is 13.8. The Morgan fingerprint density at radius 2 is 0.905 bits per heavy atom. The minimum atomic E-state index is -4.31. The van der Waals surface area contributed by atoms with Gasteiger partial charge in [-0.2, -0.15) is 0 Å². The number of aliphatic carboxylic acids is 1. The molecule has 4 aromatic carbocycles. The highest BCUT2D eigenvalue weighted by Gasteiger charge is 2.40. The normalized spacial score (nSPS) is 14.3. The zero-order valence-corrected chi connectivity index (χ0v) is 65.4. The molecule has 0 atom stereocenters. The highest BCUT2D eigenvalue weighted by molar-refractivity contribution is 7.92. The zero-order valence-electron chi connectivity index (χ0n) is 60.2. The molecule has 0 aliphatic carbocycles. The first-order valence-electron chi connectivity index (χ1n) is 32.8. The molecule has 95 heavy (non-hydrogen) atoms. The summed E-state index contributed by atoms with van der Waals surface area (Å²) in [5.74, 6) is -0.634. The summed E-state index contributed by atoms with van der Waals surface area (Å²) in [5.41, 5.74) is 13.7. The second-order valence-electron chi connectivity index (χ2n) is 30.5. The number of rotatable bonds is 21. The number of primary sulfonamides is 1. The van der Waals surface area contributed by atoms with Crippen molar-refractivity contribution in [3.8, 4) is 22.3 Å². The van der Waals surface area contributed by atoms with E-state index < -0.39 is 59.8 Å². The Morgan fingerprint density at radius 3 is 1.23 bits per heavy atom. The van der Waals surface area contributed by atoms with Gasteiger partial charge in [0.1, 0.15) is 21.2 Å². The Hall–Kier alpha value is -4.87. The number of carbonyl (C=O) groups excluding carboxylic acids is 1. The van der Waals surface area contributed by atoms with Gasteiger partial charge in [0.15, 0.2) is 25.1 Å². The number of amides is 1. The number of ether oxygens (including phenoxy) is 2. The van der Waals surface area contributed by atoms with Crippen LogP contribution in [0.25, 0.3) is 22.3 Å². The van der Waals surface area contributed by atoms with E-state index in [4.69, 9.17) is 23.5 Å². The molecule has 2 aliphatic heterocycles. The van der Waals surface area contributed by atoms with Crippen LogP contribution in [0.4, 0.5) is 0 Å². The molecule has 2 aliphatic rings. The Morgan fingerprint density at radius 1 is 0.558 bits per heavy atom. The average Bonchev–Trinajstić information content (AvgIpc) is 1.72. The van der Waals surface area contributed by atoms with Crippen LogP contribution >= 0.6 is 22.7 Å². The largest absolute Gasteiger partial charge is 0.481 e. The van der Waals surface area contributed by atoms with Gasteiger partial charge >= 0.3 is 5.97 Å². The van der Waals surface area contributed by atoms with Crippen LogP contribution in [0, 0.1) is 0 Å². The number of nitrogens with one attached hydrogen (secondary N) is 1. The van der Waals surface area contributed by atoms with E-state index in [0.717, 1.165) is 93.2 Å². The molecule has 6 N–H and O–H groups in total. The Balaban J connectivity index is 0.000000250. The van der Waals surface area contributed by atoms with E-state index in [1.807, 2.05) is 0 Å². The minimum Gasteiger partial charge on any atom is -0.481 e. The molecule has 0 unspecified atom stereocenters. The van der Waals surface area contributed by atoms with E-state index in [-0.39, 0.29) is 84.6 Å². The van der Waals surface area contributed by atoms with Crippen molar-refractivity contribution in [1.82, 2.24) is 14.7 Å². The van der Waals surface area contributed by atoms with Gasteiger partial charge in [-0.15, -0.1) is 22.7 Å². The monoisotopic (exact) mass is 1420 g/mol. The second kappa shape index (κ2) is 30.7. The van der Waals surface area contributed by atoms with Crippen LogP contribution in [0.3, 0.4) is 0 Å². The summed E-state index contributed by atoms with van der Waals surface area (Å²) >= 11 is 1.76. The van der Waals surface area contributed by atoms with Gasteiger partial charge in [0.2, 0.25) is 15.9 Å². The first-order valence-corrected chi connectivity index (χ1v) is 43.3. The average molecular weight is 1420 g/mol. The number of carboxylic acids is 1. The fourth-order valence-corrected chi connectivity index (χ4v) is 16.9. The third-order valence-corrected chi connectivity index (χ3v) is 33.5. The highest BCUT2D eigenvalue weighted by atomic mass is 32.3. The first kappa shape index (κ1) is 79.1. The number of carboxylic acid groups (broad SMARTS) is 1. The lowest BCUT2D eigenvalue weighted by molar-refractivity contribution is -0.136. The summed E-state index contributed by atoms with van der Waals surface area (Å²) in [6.45, 7) is 46.9. The Bertz CT molecular complexity index is 3900. The van der Waals surface area contributed by atoms with E-state index in [9.17, 15) is 41.7 Å². The minimum absolute atomic E-state index is 0.00382. The fourth-order valence-electron chi connectivity index (χ4n) is 10.6. The summed E-state index contributed by atoms with van der Waals surface area (Å²) in [4.78, 5) is 33.8. The van der Waals surface area contributed by atoms with Crippen LogP contribution in [0.5, 0.6) is 0 Å². The number of fused-ring (bicyclic) bond motifs is 2. The summed E-state index contributed by atoms with van der Waals surface area (Å²) in [6.07, 6.45) is 1.87. The van der Waals surface area contributed by atoms with E-state index in [2.05, 4.69) is 198 Å². The summed E-state index contributed by atoms with van der Waals surface area (Å²) in [6, 6.07) is 21.8. The molecule has 4 heterocycles. The van der Waals surface area contributed by atoms with Gasteiger partial charge in [0.25, 0.3) is 10.0 Å². The molecule has 0 spiro atoms. The summed E-state index contributed by atoms with van der Waals surface area (Å²) < 4.78 is 76.9. The van der Waals surface area contributed by atoms with Gasteiger partial charge in [-0.1, -0.05) is 145 Å². The van der Waals surface area contributed by atoms with Gasteiger partial charge in [0.05, 0.1) is 63.9 Å². The molecule has 524 valence electrons. The van der Waals surface area contributed by atoms with E-state index >= 15 is 0 Å². The number of thiazole rings is 2. The number of benzene rings is 4. The topological polar surface area (TPSA) is 264 Å². The molecule has 23 heteroatoms. The van der Waals surface area contributed by atoms with Crippen molar-refractivity contribution in [3.63, 3.8) is 0 Å². The fraction of sp³-hybridized carbons (Fsp3) is 0.556. The van der Waals surface area contributed by atoms with Gasteiger partial charge in [0, 0.05) is 0 Å². The van der Waals surface area contributed by atoms with Crippen molar-refractivity contribution < 1.29 is 60.1 Å². The summed E-state index contributed by atoms with van der Waals surface area (Å²) in [7, 11) is -12.5. The van der Waals surface area contributed by atoms with Crippen LogP contribution in [0.15, 0.2) is 69.1 Å². The van der Waals surface area contributed by atoms with E-state index in [0.29, 0.717) is 18.2 Å². The van der Waals surface area contributed by atoms with E-state index in [1.54, 1.807) is 27.7 Å². The maximum Gasteiger partial charge on any atom is 0.307 e. The quantitative estimate of drug-likeness (QED) is 0.0420. The van der Waals surface area contributed by atoms with Crippen LogP contribution in [-0.2, 0) is 111 Å². The maximum absolute atomic E-state index is 13.8. The Labute approximate surface area is 576 Å². The van der Waals surface area contributed by atoms with Gasteiger partial charge in [-0.25, -0.2) is 36.7 Å². The van der Waals surface area contributed by atoms with Crippen molar-refractivity contribution >= 4 is 71.2 Å². The predicted octanol–water partition coefficient (Wildman–Crippen LogP) is 15.8. The molecule has 17 nitrogen and oxygen atoms in total. The lowest BCUT2D eigenvalue weighted by Gasteiger charge is -2.36. The number of nitrogens with zero attached hydrogens (tertiary/aromatic N) is 2. The number of aromatic nitrogens is 2. The predicted molar refractivity (Wildman–Crippen MR) is 387 cm³/mol. The first-order chi connectivity index (χ1) is 43.5. The molecular formula is C72H106N4O13S4Si2. The zero-order chi connectivity index (χ0) is 71.5. The van der Waals surface area contributed by atoms with Crippen LogP contribution in [0.1, 0.15) is 225 Å². The number of aliphatic hydroxyl groups is 2. The molecule has 8 rings (SSSR count). The number of sulfonamides is 2. The number of hydrogen-bond acceptors (Lipinski definition) is 16. The molecule has 6 aromatic rings. The van der Waals surface area contributed by atoms with Gasteiger partial charge in [-0.3, -0.25) is 9.59 Å². The van der Waals surface area contributed by atoms with Crippen molar-refractivity contribution in [3.05, 3.63) is 138 Å². The molecule has 0 saturated heterocycles. The molecule has 2 aromatic heterocycles. The molecule has 0 radical (unpaired) electrons. The molecule has 0 fully saturated rings. The molecule has 0 bridgehead atoms. The molecule has 1 amide bonds. The lowest BCUT2D eigenvalue weighted by atomic mass is 9.83. The number of nitrogens with two attached hydrogens (primary N) is 1. The SMILES string of the molecule is CC(C)(O)c1nc(CO[Si](C)(C)C(C)(C)C)c(S(N)(=O)=O)s1.CC(C)c1cc(-c2ccc3c(c2)COCC3)cc(C(C)C)c1CC(=O)NS(=O)(=O)c1sc(C(C)(C)O)nc1CO[Si](C)(C)C(C)(C)C.CC(C)c1cc(-c2ccc3c(c2)COCC3)cc(C(C)C)c1CC(=O)O. The second-order valence-corrected chi connectivity index (χ2v) is 45.8. The van der Waals surface area contributed by atoms with Crippen LogP contribution < -0.4 is 9.86 Å². The summed E-state index contributed by atoms with van der Waals surface area (Å²) in [5, 5.41) is 35.8. The lowest BCUT2D eigenvalue weighted by Crippen LogP contribution is -2.40. The van der Waals surface area contributed by atoms with E-state index in [1.165, 1.54) is 33.4 Å². The molecule has 0 saturated carbocycles. The van der Waals surface area contributed by atoms with Gasteiger partial charge in [-0.05, 0) is 190 Å². The van der Waals surface area contributed by atoms with Crippen molar-refractivity contribution in [2.24, 2.45) is 5.14 Å². The highest BCUT2D eigenvalue weighted by Crippen LogP contribution is 2.42. The van der Waals surface area contributed by atoms with Crippen LogP contribution in [-0.4, -0.2) is 83.8 Å². The molecular weight excluding hydrogens is 1310 g/mol. The number of hydrogen-bond donors (Lipinski definition) is 5. The third-order valence-electron chi connectivity index (χ3n) is 18.3. The van der Waals surface area contributed by atoms with Crippen molar-refractivity contribution in [2.45, 2.75) is 256 Å². The van der Waals surface area contributed by atoms with Gasteiger partial charge < -0.3 is 33.6 Å². The van der Waals surface area contributed by atoms with Crippen LogP contribution in [0.2, 0.25) is 36.3 Å². The smallest absolute Gasteiger partial charge is 0.307 e. The Kier molecular flexibility index (Phi) is 25.6. The number of carbonyl (C=O) groups is 2. The van der Waals surface area contributed by atoms with Crippen molar-refractivity contribution in [2.75, 3.05) is 13.2 Å². The standard InChI is InChI=1S/C36H52N2O6S2Si.C23H28O3.C13H26N2O4S2Si/c1-22(2)28-17-26(25-13-12-24-14-15-43-20-27(24)16-25)18-29(23(3)4)30(28)19-32(39)38-46(41,42)33-31(37-34(45-33)36(8,9)40)21-44-47(10,11)35(5,6)7;1-14(2)20-10-18(11-21(15(3)4)22(20)12-23(24)25)17-6-5-16-7-8-26-13-19(16)9-17;1-12(2,3)22(6,7)19-8-9-10(21(14,17)18)20-11(15-9)13(4,5)16/h12-13,16-18,22-23,40H,14-15,19-21H2,1-11H3,(H,38,39);5-6,9-11,14-15H,7-8,12-13H2,1-4H3,(H,24,25);16H,8H2,1-7H3,(H2,14,17,18).